The third-order valence-corrected chi connectivity index (χ3v) is 5.56. The van der Waals surface area contributed by atoms with E-state index in [9.17, 15) is 0 Å². The maximum Gasteiger partial charge on any atom is 2.00 e. The molecule has 2 aromatic carbocycles. The fraction of sp³-hybridized carbons (Fsp3) is 0.462. The molecule has 2 nitrogen and oxygen atoms in total. The molecule has 0 fully saturated rings. The van der Waals surface area contributed by atoms with Crippen molar-refractivity contribution < 1.29 is 19.5 Å². The molecule has 0 aliphatic rings. The summed E-state index contributed by atoms with van der Waals surface area (Å²) in [4.78, 5) is 0. The van der Waals surface area contributed by atoms with Gasteiger partial charge in [0, 0.05) is 11.4 Å². The molecule has 2 aromatic rings. The Balaban J connectivity index is 0.000000602. The van der Waals surface area contributed by atoms with Crippen LogP contribution in [0.4, 0.5) is 11.4 Å². The topological polar surface area (TPSA) is 24.1 Å². The first-order chi connectivity index (χ1) is 14.9. The van der Waals surface area contributed by atoms with Crippen LogP contribution in [0.15, 0.2) is 36.4 Å². The zero-order valence-corrected chi connectivity index (χ0v) is 27.3. The van der Waals surface area contributed by atoms with Gasteiger partial charge < -0.3 is 60.3 Å². The third-order valence-electron chi connectivity index (χ3n) is 5.15. The molecule has 0 aromatic heterocycles. The van der Waals surface area contributed by atoms with Gasteiger partial charge in [0.1, 0.15) is 0 Å². The SMILES string of the molecule is CC(C)c1cccc(NC(=S)[S-])c1C(C)C.CC(C)c1cccc(NC(=S)[S-])c1C(C)C.[Zn+2]. The molecule has 33 heavy (non-hydrogen) atoms. The van der Waals surface area contributed by atoms with Crippen LogP contribution in [0.3, 0.4) is 0 Å². The van der Waals surface area contributed by atoms with E-state index in [-0.39, 0.29) is 19.5 Å². The molecule has 0 saturated heterocycles. The first-order valence-electron chi connectivity index (χ1n) is 11.1. The third kappa shape index (κ3) is 10.2. The predicted octanol–water partition coefficient (Wildman–Crippen LogP) is 8.35. The van der Waals surface area contributed by atoms with Gasteiger partial charge in [-0.3, -0.25) is 0 Å². The summed E-state index contributed by atoms with van der Waals surface area (Å²) in [6, 6.07) is 12.5. The Bertz CT molecular complexity index is 849. The van der Waals surface area contributed by atoms with Crippen LogP contribution in [0.1, 0.15) is 101 Å². The molecule has 2 rings (SSSR count). The van der Waals surface area contributed by atoms with Gasteiger partial charge in [-0.15, -0.1) is 0 Å². The van der Waals surface area contributed by atoms with Crippen LogP contribution in [-0.4, -0.2) is 8.64 Å². The first kappa shape index (κ1) is 32.3. The van der Waals surface area contributed by atoms with E-state index >= 15 is 0 Å². The number of benzene rings is 2. The minimum atomic E-state index is 0. The number of nitrogens with one attached hydrogen (secondary N) is 2. The van der Waals surface area contributed by atoms with Crippen LogP contribution in [0, 0.1) is 0 Å². The van der Waals surface area contributed by atoms with Crippen molar-refractivity contribution in [2.24, 2.45) is 0 Å². The molecular formula is C26H36N2S4Zn. The van der Waals surface area contributed by atoms with Crippen molar-refractivity contribution in [3.8, 4) is 0 Å². The van der Waals surface area contributed by atoms with Gasteiger partial charge in [0.05, 0.1) is 0 Å². The average molecular weight is 570 g/mol. The molecule has 0 bridgehead atoms. The molecule has 0 atom stereocenters. The Hall–Kier alpha value is -0.717. The second kappa shape index (κ2) is 15.3. The number of thiocarbonyl (C=S) groups is 2. The molecule has 0 radical (unpaired) electrons. The molecular weight excluding hydrogens is 534 g/mol. The fourth-order valence-electron chi connectivity index (χ4n) is 3.90. The van der Waals surface area contributed by atoms with E-state index in [2.05, 4.69) is 90.3 Å². The van der Waals surface area contributed by atoms with Gasteiger partial charge in [-0.05, 0) is 58.1 Å². The van der Waals surface area contributed by atoms with E-state index in [4.69, 9.17) is 49.7 Å². The van der Waals surface area contributed by atoms with Gasteiger partial charge >= 0.3 is 19.5 Å². The fourth-order valence-corrected chi connectivity index (χ4v) is 4.34. The van der Waals surface area contributed by atoms with Gasteiger partial charge in [0.2, 0.25) is 0 Å². The summed E-state index contributed by atoms with van der Waals surface area (Å²) in [5.41, 5.74) is 7.49. The van der Waals surface area contributed by atoms with Crippen LogP contribution in [0.2, 0.25) is 0 Å². The van der Waals surface area contributed by atoms with Crippen LogP contribution < -0.4 is 10.6 Å². The van der Waals surface area contributed by atoms with E-state index in [1.54, 1.807) is 0 Å². The van der Waals surface area contributed by atoms with Crippen LogP contribution in [0.25, 0.3) is 0 Å². The quantitative estimate of drug-likeness (QED) is 0.206. The monoisotopic (exact) mass is 568 g/mol. The number of hydrogen-bond acceptors (Lipinski definition) is 4. The largest absolute Gasteiger partial charge is 2.00 e. The summed E-state index contributed by atoms with van der Waals surface area (Å²) in [6.07, 6.45) is 0. The minimum Gasteiger partial charge on any atom is -0.411 e. The van der Waals surface area contributed by atoms with Crippen LogP contribution in [0.5, 0.6) is 0 Å². The van der Waals surface area contributed by atoms with Gasteiger partial charge in [0.25, 0.3) is 0 Å². The smallest absolute Gasteiger partial charge is 0.411 e. The normalized spacial score (nSPS) is 10.5. The molecule has 0 aliphatic heterocycles. The molecule has 0 aliphatic carbocycles. The zero-order valence-electron chi connectivity index (χ0n) is 21.1. The zero-order chi connectivity index (χ0) is 24.6. The molecule has 0 unspecified atom stereocenters. The van der Waals surface area contributed by atoms with E-state index in [1.165, 1.54) is 22.3 Å². The number of anilines is 2. The number of rotatable bonds is 6. The predicted molar refractivity (Wildman–Crippen MR) is 156 cm³/mol. The van der Waals surface area contributed by atoms with Gasteiger partial charge in [-0.25, -0.2) is 0 Å². The molecule has 176 valence electrons. The second-order valence-electron chi connectivity index (χ2n) is 9.06. The summed E-state index contributed by atoms with van der Waals surface area (Å²) in [7, 11) is 0. The van der Waals surface area contributed by atoms with Crippen molar-refractivity contribution >= 4 is 69.7 Å². The average Bonchev–Trinajstić information content (AvgIpc) is 2.66. The van der Waals surface area contributed by atoms with Gasteiger partial charge in [0.15, 0.2) is 0 Å². The Morgan fingerprint density at radius 3 is 1.12 bits per heavy atom. The molecule has 0 saturated carbocycles. The maximum atomic E-state index is 4.94. The Kier molecular flexibility index (Phi) is 15.0. The first-order valence-corrected chi connectivity index (χ1v) is 12.7. The molecule has 0 spiro atoms. The Labute approximate surface area is 236 Å². The van der Waals surface area contributed by atoms with E-state index < -0.39 is 0 Å². The van der Waals surface area contributed by atoms with Crippen molar-refractivity contribution in [1.29, 1.82) is 0 Å². The van der Waals surface area contributed by atoms with Gasteiger partial charge in [-0.2, -0.15) is 0 Å². The Morgan fingerprint density at radius 2 is 0.909 bits per heavy atom. The Morgan fingerprint density at radius 1 is 0.606 bits per heavy atom. The van der Waals surface area contributed by atoms with E-state index in [0.29, 0.717) is 32.3 Å². The van der Waals surface area contributed by atoms with Crippen molar-refractivity contribution in [2.75, 3.05) is 10.6 Å². The summed E-state index contributed by atoms with van der Waals surface area (Å²) in [6.45, 7) is 17.6. The van der Waals surface area contributed by atoms with Crippen molar-refractivity contribution in [2.45, 2.75) is 79.1 Å². The standard InChI is InChI=1S/2C13H19NS2.Zn/c2*1-8(2)10-6-5-7-11(14-13(15)16)12(10)9(3)4;/h2*5-9H,1-4H3,(H2,14,15,16);/q;;+2/p-2. The second-order valence-corrected chi connectivity index (χ2v) is 11.2. The molecule has 7 heteroatoms. The van der Waals surface area contributed by atoms with Crippen LogP contribution in [-0.2, 0) is 44.7 Å². The van der Waals surface area contributed by atoms with Crippen molar-refractivity contribution in [1.82, 2.24) is 0 Å². The van der Waals surface area contributed by atoms with Gasteiger partial charge in [-0.1, -0.05) is 88.3 Å². The van der Waals surface area contributed by atoms with E-state index in [1.807, 2.05) is 12.1 Å². The van der Waals surface area contributed by atoms with Crippen molar-refractivity contribution in [3.05, 3.63) is 58.7 Å². The molecule has 2 N–H and O–H groups in total. The number of hydrogen-bond donors (Lipinski definition) is 2. The maximum absolute atomic E-state index is 4.94. The minimum absolute atomic E-state index is 0. The summed E-state index contributed by atoms with van der Waals surface area (Å²) >= 11 is 19.7. The summed E-state index contributed by atoms with van der Waals surface area (Å²) in [5, 5.41) is 6.19. The molecule has 0 amide bonds. The van der Waals surface area contributed by atoms with Crippen molar-refractivity contribution in [3.63, 3.8) is 0 Å². The van der Waals surface area contributed by atoms with Crippen LogP contribution >= 0.6 is 24.4 Å². The molecule has 0 heterocycles. The van der Waals surface area contributed by atoms with E-state index in [0.717, 1.165) is 11.4 Å². The summed E-state index contributed by atoms with van der Waals surface area (Å²) in [5.74, 6) is 1.95. The summed E-state index contributed by atoms with van der Waals surface area (Å²) < 4.78 is 0.811.